The van der Waals surface area contributed by atoms with Crippen LogP contribution in [-0.4, -0.2) is 53.3 Å². The Morgan fingerprint density at radius 3 is 2.76 bits per heavy atom. The van der Waals surface area contributed by atoms with E-state index in [-0.39, 0.29) is 0 Å². The van der Waals surface area contributed by atoms with Gasteiger partial charge in [0.1, 0.15) is 0 Å². The largest absolute Gasteiger partial charge is 0.341 e. The summed E-state index contributed by atoms with van der Waals surface area (Å²) < 4.78 is 0. The quantitative estimate of drug-likeness (QED) is 0.587. The highest BCUT2D eigenvalue weighted by atomic mass is 79.9. The Labute approximate surface area is 113 Å². The molecule has 17 heavy (non-hydrogen) atoms. The van der Waals surface area contributed by atoms with E-state index in [1.807, 2.05) is 0 Å². The van der Waals surface area contributed by atoms with E-state index in [2.05, 4.69) is 32.8 Å². The SMILES string of the molecule is CN1C2CCC1CN(C(=O)CCCCBr)CC2. The molecule has 2 aliphatic rings. The molecule has 2 unspecified atom stereocenters. The number of amides is 1. The highest BCUT2D eigenvalue weighted by Gasteiger charge is 2.35. The number of likely N-dealkylation sites (N-methyl/N-ethyl adjacent to an activating group) is 1. The summed E-state index contributed by atoms with van der Waals surface area (Å²) in [6, 6.07) is 1.34. The number of nitrogens with zero attached hydrogens (tertiary/aromatic N) is 2. The third-order valence-corrected chi connectivity index (χ3v) is 4.84. The molecule has 0 radical (unpaired) electrons. The third kappa shape index (κ3) is 3.22. The van der Waals surface area contributed by atoms with Crippen LogP contribution in [0.1, 0.15) is 38.5 Å². The van der Waals surface area contributed by atoms with Gasteiger partial charge in [-0.15, -0.1) is 0 Å². The Morgan fingerprint density at radius 2 is 2.00 bits per heavy atom. The lowest BCUT2D eigenvalue weighted by atomic mass is 10.1. The van der Waals surface area contributed by atoms with Crippen molar-refractivity contribution in [2.24, 2.45) is 0 Å². The molecule has 0 N–H and O–H groups in total. The summed E-state index contributed by atoms with van der Waals surface area (Å²) in [5.74, 6) is 0.368. The summed E-state index contributed by atoms with van der Waals surface area (Å²) in [4.78, 5) is 16.7. The molecule has 2 saturated heterocycles. The number of likely N-dealkylation sites (tertiary alicyclic amines) is 1. The van der Waals surface area contributed by atoms with Crippen LogP contribution in [0.3, 0.4) is 0 Å². The Kier molecular flexibility index (Phi) is 4.86. The summed E-state index contributed by atoms with van der Waals surface area (Å²) >= 11 is 3.41. The van der Waals surface area contributed by atoms with E-state index in [1.165, 1.54) is 12.8 Å². The van der Waals surface area contributed by atoms with Crippen molar-refractivity contribution >= 4 is 21.8 Å². The van der Waals surface area contributed by atoms with Crippen LogP contribution < -0.4 is 0 Å². The maximum Gasteiger partial charge on any atom is 0.222 e. The molecule has 0 saturated carbocycles. The van der Waals surface area contributed by atoms with E-state index >= 15 is 0 Å². The summed E-state index contributed by atoms with van der Waals surface area (Å²) in [5, 5.41) is 1.01. The van der Waals surface area contributed by atoms with Crippen molar-refractivity contribution in [3.63, 3.8) is 0 Å². The van der Waals surface area contributed by atoms with Crippen LogP contribution >= 0.6 is 15.9 Å². The van der Waals surface area contributed by atoms with Crippen molar-refractivity contribution in [3.05, 3.63) is 0 Å². The zero-order valence-corrected chi connectivity index (χ0v) is 12.3. The van der Waals surface area contributed by atoms with Crippen LogP contribution in [0.5, 0.6) is 0 Å². The van der Waals surface area contributed by atoms with Crippen molar-refractivity contribution < 1.29 is 4.79 Å². The van der Waals surface area contributed by atoms with Crippen molar-refractivity contribution in [3.8, 4) is 0 Å². The zero-order valence-electron chi connectivity index (χ0n) is 10.7. The van der Waals surface area contributed by atoms with E-state index in [1.54, 1.807) is 0 Å². The average Bonchev–Trinajstić information content (AvgIpc) is 2.53. The van der Waals surface area contributed by atoms with Gasteiger partial charge in [-0.25, -0.2) is 0 Å². The lowest BCUT2D eigenvalue weighted by Gasteiger charge is -2.25. The van der Waals surface area contributed by atoms with E-state index in [0.29, 0.717) is 11.9 Å². The fraction of sp³-hybridized carbons (Fsp3) is 0.923. The second-order valence-electron chi connectivity index (χ2n) is 5.32. The van der Waals surface area contributed by atoms with Crippen molar-refractivity contribution in [2.75, 3.05) is 25.5 Å². The molecule has 0 spiro atoms. The molecule has 3 nitrogen and oxygen atoms in total. The molecule has 4 heteroatoms. The summed E-state index contributed by atoms with van der Waals surface area (Å²) in [7, 11) is 2.22. The molecule has 0 aromatic heterocycles. The third-order valence-electron chi connectivity index (χ3n) is 4.28. The van der Waals surface area contributed by atoms with Gasteiger partial charge in [-0.05, 0) is 39.2 Å². The topological polar surface area (TPSA) is 23.6 Å². The average molecular weight is 303 g/mol. The summed E-state index contributed by atoms with van der Waals surface area (Å²) in [6.45, 7) is 1.93. The van der Waals surface area contributed by atoms with Gasteiger partial charge in [-0.2, -0.15) is 0 Å². The molecule has 0 aromatic carbocycles. The van der Waals surface area contributed by atoms with Gasteiger partial charge in [-0.1, -0.05) is 15.9 Å². The fourth-order valence-electron chi connectivity index (χ4n) is 3.06. The number of alkyl halides is 1. The maximum atomic E-state index is 12.1. The van der Waals surface area contributed by atoms with E-state index in [9.17, 15) is 4.79 Å². The Hall–Kier alpha value is -0.0900. The number of carbonyl (C=O) groups excluding carboxylic acids is 1. The molecule has 2 aliphatic heterocycles. The lowest BCUT2D eigenvalue weighted by Crippen LogP contribution is -2.39. The van der Waals surface area contributed by atoms with Gasteiger partial charge in [0.15, 0.2) is 0 Å². The van der Waals surface area contributed by atoms with Crippen molar-refractivity contribution in [2.45, 2.75) is 50.6 Å². The number of halogens is 1. The van der Waals surface area contributed by atoms with Gasteiger partial charge in [0.25, 0.3) is 0 Å². The number of fused-ring (bicyclic) bond motifs is 2. The van der Waals surface area contributed by atoms with Gasteiger partial charge >= 0.3 is 0 Å². The molecule has 2 heterocycles. The minimum absolute atomic E-state index is 0.368. The van der Waals surface area contributed by atoms with Crippen LogP contribution in [0.4, 0.5) is 0 Å². The van der Waals surface area contributed by atoms with Gasteiger partial charge in [0.05, 0.1) is 0 Å². The molecule has 0 aliphatic carbocycles. The van der Waals surface area contributed by atoms with Crippen LogP contribution in [0.25, 0.3) is 0 Å². The predicted molar refractivity (Wildman–Crippen MR) is 73.4 cm³/mol. The van der Waals surface area contributed by atoms with Crippen LogP contribution in [0.15, 0.2) is 0 Å². The fourth-order valence-corrected chi connectivity index (χ4v) is 3.46. The highest BCUT2D eigenvalue weighted by molar-refractivity contribution is 9.09. The first kappa shape index (κ1) is 13.3. The standard InChI is InChI=1S/C13H23BrN2O/c1-15-11-5-6-12(15)10-16(9-7-11)13(17)4-2-3-8-14/h11-12H,2-10H2,1H3. The monoisotopic (exact) mass is 302 g/mol. The Morgan fingerprint density at radius 1 is 1.24 bits per heavy atom. The molecule has 2 atom stereocenters. The molecule has 98 valence electrons. The molecule has 2 fully saturated rings. The van der Waals surface area contributed by atoms with E-state index in [0.717, 1.165) is 50.1 Å². The maximum absolute atomic E-state index is 12.1. The van der Waals surface area contributed by atoms with E-state index in [4.69, 9.17) is 0 Å². The van der Waals surface area contributed by atoms with Crippen LogP contribution in [-0.2, 0) is 4.79 Å². The molecule has 0 aromatic rings. The number of hydrogen-bond donors (Lipinski definition) is 0. The first-order valence-corrected chi connectivity index (χ1v) is 7.90. The second kappa shape index (κ2) is 6.19. The smallest absolute Gasteiger partial charge is 0.222 e. The summed E-state index contributed by atoms with van der Waals surface area (Å²) in [5.41, 5.74) is 0. The van der Waals surface area contributed by atoms with E-state index < -0.39 is 0 Å². The molecule has 2 bridgehead atoms. The molecule has 2 rings (SSSR count). The van der Waals surface area contributed by atoms with Gasteiger partial charge < -0.3 is 4.90 Å². The minimum Gasteiger partial charge on any atom is -0.341 e. The van der Waals surface area contributed by atoms with Crippen LogP contribution in [0, 0.1) is 0 Å². The second-order valence-corrected chi connectivity index (χ2v) is 6.12. The Bertz CT molecular complexity index is 272. The van der Waals surface area contributed by atoms with Crippen molar-refractivity contribution in [1.82, 2.24) is 9.80 Å². The minimum atomic E-state index is 0.368. The van der Waals surface area contributed by atoms with Crippen LogP contribution in [0.2, 0.25) is 0 Å². The number of carbonyl (C=O) groups is 1. The first-order valence-electron chi connectivity index (χ1n) is 6.78. The molecular formula is C13H23BrN2O. The molecular weight excluding hydrogens is 280 g/mol. The predicted octanol–water partition coefficient (Wildman–Crippen LogP) is 2.25. The number of hydrogen-bond acceptors (Lipinski definition) is 2. The Balaban J connectivity index is 1.83. The van der Waals surface area contributed by atoms with Gasteiger partial charge in [0.2, 0.25) is 5.91 Å². The lowest BCUT2D eigenvalue weighted by molar-refractivity contribution is -0.131. The summed E-state index contributed by atoms with van der Waals surface area (Å²) in [6.07, 6.45) is 6.61. The van der Waals surface area contributed by atoms with Crippen molar-refractivity contribution in [1.29, 1.82) is 0 Å². The van der Waals surface area contributed by atoms with Gasteiger partial charge in [-0.3, -0.25) is 9.69 Å². The highest BCUT2D eigenvalue weighted by Crippen LogP contribution is 2.28. The number of unbranched alkanes of at least 4 members (excludes halogenated alkanes) is 1. The first-order chi connectivity index (χ1) is 8.22. The molecule has 1 amide bonds. The van der Waals surface area contributed by atoms with Gasteiger partial charge in [0, 0.05) is 36.9 Å². The number of rotatable bonds is 4. The normalized spacial score (nSPS) is 29.4. The zero-order chi connectivity index (χ0) is 12.3.